The Morgan fingerprint density at radius 1 is 1.05 bits per heavy atom. The highest BCUT2D eigenvalue weighted by Crippen LogP contribution is 2.29. The Kier molecular flexibility index (Phi) is 7.04. The van der Waals surface area contributed by atoms with E-state index in [4.69, 9.17) is 11.6 Å². The van der Waals surface area contributed by atoms with E-state index in [1.807, 2.05) is 74.0 Å². The van der Waals surface area contributed by atoms with Crippen molar-refractivity contribution in [3.05, 3.63) is 113 Å². The Morgan fingerprint density at radius 3 is 2.57 bits per heavy atom. The summed E-state index contributed by atoms with van der Waals surface area (Å²) in [5.74, 6) is -0.0304. The van der Waals surface area contributed by atoms with Crippen LogP contribution in [0.4, 0.5) is 0 Å². The number of benzene rings is 3. The van der Waals surface area contributed by atoms with Crippen molar-refractivity contribution in [3.63, 3.8) is 0 Å². The molecule has 6 nitrogen and oxygen atoms in total. The third-order valence-electron chi connectivity index (χ3n) is 6.58. The molecule has 1 atom stereocenters. The first kappa shape index (κ1) is 24.7. The van der Waals surface area contributed by atoms with E-state index >= 15 is 0 Å². The number of H-pyrrole nitrogens is 1. The second-order valence-corrected chi connectivity index (χ2v) is 9.55. The Balaban J connectivity index is 1.39. The summed E-state index contributed by atoms with van der Waals surface area (Å²) in [4.78, 5) is 28.8. The molecule has 0 amide bonds. The van der Waals surface area contributed by atoms with Gasteiger partial charge in [-0.25, -0.2) is 0 Å². The minimum Gasteiger partial charge on any atom is -0.360 e. The van der Waals surface area contributed by atoms with Crippen LogP contribution in [0, 0.1) is 0 Å². The van der Waals surface area contributed by atoms with E-state index in [1.165, 1.54) is 6.92 Å². The average molecular weight is 511 g/mol. The van der Waals surface area contributed by atoms with Crippen LogP contribution in [0.5, 0.6) is 0 Å². The van der Waals surface area contributed by atoms with Gasteiger partial charge in [0, 0.05) is 58.6 Å². The summed E-state index contributed by atoms with van der Waals surface area (Å²) < 4.78 is 1.77. The molecule has 5 rings (SSSR count). The van der Waals surface area contributed by atoms with E-state index in [0.29, 0.717) is 29.1 Å². The number of rotatable bonds is 9. The number of Topliss-reactive ketones (excluding diaryl/α,β-unsaturated/α-hetero) is 2. The van der Waals surface area contributed by atoms with E-state index in [9.17, 15) is 9.59 Å². The normalized spacial score (nSPS) is 12.1. The third-order valence-corrected chi connectivity index (χ3v) is 6.93. The molecular weight excluding hydrogens is 484 g/mol. The van der Waals surface area contributed by atoms with Gasteiger partial charge in [-0.2, -0.15) is 5.10 Å². The zero-order valence-electron chi connectivity index (χ0n) is 20.7. The van der Waals surface area contributed by atoms with Gasteiger partial charge < -0.3 is 10.3 Å². The molecule has 0 aliphatic heterocycles. The van der Waals surface area contributed by atoms with Gasteiger partial charge in [0.15, 0.2) is 11.6 Å². The maximum absolute atomic E-state index is 13.8. The average Bonchev–Trinajstić information content (AvgIpc) is 3.53. The lowest BCUT2D eigenvalue weighted by molar-refractivity contribution is 0.0944. The van der Waals surface area contributed by atoms with Gasteiger partial charge in [-0.3, -0.25) is 14.3 Å². The van der Waals surface area contributed by atoms with Crippen molar-refractivity contribution in [1.82, 2.24) is 20.1 Å². The number of nitrogens with one attached hydrogen (secondary N) is 2. The summed E-state index contributed by atoms with van der Waals surface area (Å²) in [7, 11) is 1.89. The molecule has 37 heavy (non-hydrogen) atoms. The van der Waals surface area contributed by atoms with Crippen molar-refractivity contribution in [2.24, 2.45) is 7.05 Å². The molecule has 0 bridgehead atoms. The third kappa shape index (κ3) is 5.26. The van der Waals surface area contributed by atoms with Gasteiger partial charge in [-0.15, -0.1) is 0 Å². The van der Waals surface area contributed by atoms with Crippen molar-refractivity contribution >= 4 is 34.1 Å². The molecule has 2 heterocycles. The SMILES string of the molecule is CC(=O)c1ccc(CCN[C@H](C(=O)c2c[nH]c3cc(-c4cnn(C)c4)ccc23)c2ccccc2)c(Cl)c1. The van der Waals surface area contributed by atoms with Crippen LogP contribution in [0.25, 0.3) is 22.0 Å². The molecule has 0 aliphatic rings. The number of aromatic amines is 1. The number of hydrogen-bond donors (Lipinski definition) is 2. The number of aryl methyl sites for hydroxylation is 1. The maximum atomic E-state index is 13.8. The second-order valence-electron chi connectivity index (χ2n) is 9.14. The molecule has 5 aromatic rings. The predicted octanol–water partition coefficient (Wildman–Crippen LogP) is 6.18. The monoisotopic (exact) mass is 510 g/mol. The Morgan fingerprint density at radius 2 is 1.86 bits per heavy atom. The summed E-state index contributed by atoms with van der Waals surface area (Å²) in [6, 6.07) is 20.6. The molecular formula is C30H27ClN4O2. The van der Waals surface area contributed by atoms with Crippen molar-refractivity contribution in [2.45, 2.75) is 19.4 Å². The largest absolute Gasteiger partial charge is 0.360 e. The molecule has 0 unspecified atom stereocenters. The lowest BCUT2D eigenvalue weighted by Crippen LogP contribution is -2.30. The standard InChI is InChI=1S/C30H27ClN4O2/c1-19(36)22-9-8-20(27(31)14-22)12-13-32-29(21-6-4-3-5-7-21)30(37)26-17-33-28-15-23(10-11-25(26)28)24-16-34-35(2)18-24/h3-11,14-18,29,32-33H,12-13H2,1-2H3/t29-/m0/s1. The first-order valence-electron chi connectivity index (χ1n) is 12.1. The summed E-state index contributed by atoms with van der Waals surface area (Å²) in [6.45, 7) is 2.06. The van der Waals surface area contributed by atoms with Gasteiger partial charge >= 0.3 is 0 Å². The topological polar surface area (TPSA) is 79.8 Å². The van der Waals surface area contributed by atoms with E-state index < -0.39 is 6.04 Å². The minimum atomic E-state index is -0.520. The molecule has 3 aromatic carbocycles. The minimum absolute atomic E-state index is 0.00963. The Hall–Kier alpha value is -4.00. The number of halogens is 1. The van der Waals surface area contributed by atoms with Gasteiger partial charge in [0.25, 0.3) is 0 Å². The van der Waals surface area contributed by atoms with Crippen LogP contribution in [0.2, 0.25) is 5.02 Å². The van der Waals surface area contributed by atoms with Crippen molar-refractivity contribution < 1.29 is 9.59 Å². The number of nitrogens with zero attached hydrogens (tertiary/aromatic N) is 2. The smallest absolute Gasteiger partial charge is 0.186 e. The van der Waals surface area contributed by atoms with Gasteiger partial charge in [-0.1, -0.05) is 66.2 Å². The molecule has 2 N–H and O–H groups in total. The van der Waals surface area contributed by atoms with Gasteiger partial charge in [0.2, 0.25) is 0 Å². The highest BCUT2D eigenvalue weighted by molar-refractivity contribution is 6.31. The fraction of sp³-hybridized carbons (Fsp3) is 0.167. The molecule has 0 spiro atoms. The number of carbonyl (C=O) groups excluding carboxylic acids is 2. The van der Waals surface area contributed by atoms with Crippen LogP contribution in [-0.2, 0) is 13.5 Å². The van der Waals surface area contributed by atoms with Gasteiger partial charge in [-0.05, 0) is 42.2 Å². The number of aromatic nitrogens is 3. The van der Waals surface area contributed by atoms with Crippen LogP contribution >= 0.6 is 11.6 Å². The fourth-order valence-corrected chi connectivity index (χ4v) is 4.84. The van der Waals surface area contributed by atoms with Crippen LogP contribution < -0.4 is 5.32 Å². The first-order chi connectivity index (χ1) is 17.9. The molecule has 186 valence electrons. The molecule has 0 aliphatic carbocycles. The highest BCUT2D eigenvalue weighted by atomic mass is 35.5. The lowest BCUT2D eigenvalue weighted by atomic mass is 9.96. The molecule has 2 aromatic heterocycles. The van der Waals surface area contributed by atoms with E-state index in [2.05, 4.69) is 15.4 Å². The molecule has 0 radical (unpaired) electrons. The predicted molar refractivity (Wildman–Crippen MR) is 147 cm³/mol. The van der Waals surface area contributed by atoms with Crippen LogP contribution in [0.15, 0.2) is 85.3 Å². The van der Waals surface area contributed by atoms with Crippen molar-refractivity contribution in [1.29, 1.82) is 0 Å². The van der Waals surface area contributed by atoms with Gasteiger partial charge in [0.1, 0.15) is 0 Å². The number of carbonyl (C=O) groups is 2. The van der Waals surface area contributed by atoms with Crippen molar-refractivity contribution in [2.75, 3.05) is 6.54 Å². The molecule has 0 saturated carbocycles. The summed E-state index contributed by atoms with van der Waals surface area (Å²) in [5.41, 5.74) is 6.00. The number of ketones is 2. The molecule has 0 fully saturated rings. The second kappa shape index (κ2) is 10.5. The van der Waals surface area contributed by atoms with Crippen LogP contribution in [0.1, 0.15) is 44.8 Å². The maximum Gasteiger partial charge on any atom is 0.186 e. The highest BCUT2D eigenvalue weighted by Gasteiger charge is 2.24. The summed E-state index contributed by atoms with van der Waals surface area (Å²) >= 11 is 6.42. The number of fused-ring (bicyclic) bond motifs is 1. The fourth-order valence-electron chi connectivity index (χ4n) is 4.56. The lowest BCUT2D eigenvalue weighted by Gasteiger charge is -2.18. The Bertz CT molecular complexity index is 1590. The Labute approximate surface area is 220 Å². The summed E-state index contributed by atoms with van der Waals surface area (Å²) in [6.07, 6.45) is 6.20. The van der Waals surface area contributed by atoms with Crippen LogP contribution in [0.3, 0.4) is 0 Å². The quantitative estimate of drug-likeness (QED) is 0.232. The number of hydrogen-bond acceptors (Lipinski definition) is 4. The molecule has 0 saturated heterocycles. The zero-order chi connectivity index (χ0) is 25.9. The van der Waals surface area contributed by atoms with E-state index in [-0.39, 0.29) is 11.6 Å². The zero-order valence-corrected chi connectivity index (χ0v) is 21.4. The van der Waals surface area contributed by atoms with Crippen LogP contribution in [-0.4, -0.2) is 32.9 Å². The van der Waals surface area contributed by atoms with E-state index in [0.717, 1.165) is 33.2 Å². The van der Waals surface area contributed by atoms with Crippen molar-refractivity contribution in [3.8, 4) is 11.1 Å². The van der Waals surface area contributed by atoms with E-state index in [1.54, 1.807) is 23.0 Å². The summed E-state index contributed by atoms with van der Waals surface area (Å²) in [5, 5.41) is 9.13. The molecule has 7 heteroatoms. The van der Waals surface area contributed by atoms with Gasteiger partial charge in [0.05, 0.1) is 12.2 Å². The first-order valence-corrected chi connectivity index (χ1v) is 12.5.